The van der Waals surface area contributed by atoms with Crippen molar-refractivity contribution in [1.29, 1.82) is 0 Å². The Morgan fingerprint density at radius 2 is 2.12 bits per heavy atom. The molecule has 5 heteroatoms. The Labute approximate surface area is 98.3 Å². The third-order valence-electron chi connectivity index (χ3n) is 2.09. The van der Waals surface area contributed by atoms with Gasteiger partial charge < -0.3 is 10.5 Å². The highest BCUT2D eigenvalue weighted by Crippen LogP contribution is 2.25. The van der Waals surface area contributed by atoms with Gasteiger partial charge in [-0.1, -0.05) is 25.4 Å². The largest absolute Gasteiger partial charge is 0.424 e. The Kier molecular flexibility index (Phi) is 4.26. The zero-order chi connectivity index (χ0) is 12.3. The topological polar surface area (TPSA) is 52.3 Å². The second-order valence-corrected chi connectivity index (χ2v) is 4.17. The van der Waals surface area contributed by atoms with E-state index in [-0.39, 0.29) is 16.7 Å². The number of carbonyl (C=O) groups is 1. The molecule has 0 saturated carbocycles. The molecule has 0 aliphatic rings. The van der Waals surface area contributed by atoms with Gasteiger partial charge in [0.25, 0.3) is 0 Å². The number of benzene rings is 1. The van der Waals surface area contributed by atoms with Gasteiger partial charge in [-0.25, -0.2) is 9.18 Å². The second kappa shape index (κ2) is 5.27. The van der Waals surface area contributed by atoms with Crippen LogP contribution in [0.2, 0.25) is 5.02 Å². The molecule has 0 fully saturated rings. The number of ether oxygens (including phenoxy) is 1. The minimum Gasteiger partial charge on any atom is -0.424 e. The van der Waals surface area contributed by atoms with Crippen LogP contribution in [0.5, 0.6) is 5.75 Å². The van der Waals surface area contributed by atoms with Crippen LogP contribution in [0.1, 0.15) is 13.8 Å². The lowest BCUT2D eigenvalue weighted by atomic mass is 10.1. The molecule has 0 aromatic heterocycles. The second-order valence-electron chi connectivity index (χ2n) is 3.77. The summed E-state index contributed by atoms with van der Waals surface area (Å²) in [4.78, 5) is 11.5. The average molecular weight is 246 g/mol. The molecule has 1 rings (SSSR count). The van der Waals surface area contributed by atoms with Crippen LogP contribution in [0.3, 0.4) is 0 Å². The predicted octanol–water partition coefficient (Wildman–Crippen LogP) is 2.37. The fourth-order valence-corrected chi connectivity index (χ4v) is 1.21. The van der Waals surface area contributed by atoms with Crippen molar-refractivity contribution < 1.29 is 13.9 Å². The van der Waals surface area contributed by atoms with Gasteiger partial charge in [-0.2, -0.15) is 0 Å². The summed E-state index contributed by atoms with van der Waals surface area (Å²) in [6.07, 6.45) is 0. The summed E-state index contributed by atoms with van der Waals surface area (Å²) in [7, 11) is 0. The Morgan fingerprint density at radius 3 is 2.62 bits per heavy atom. The minimum atomic E-state index is -0.721. The summed E-state index contributed by atoms with van der Waals surface area (Å²) in [5.41, 5.74) is 5.60. The molecule has 0 aliphatic carbocycles. The molecule has 1 aromatic carbocycles. The van der Waals surface area contributed by atoms with Crippen LogP contribution in [0.4, 0.5) is 4.39 Å². The molecule has 88 valence electrons. The van der Waals surface area contributed by atoms with E-state index in [1.54, 1.807) is 13.8 Å². The zero-order valence-corrected chi connectivity index (χ0v) is 9.79. The van der Waals surface area contributed by atoms with Crippen molar-refractivity contribution in [2.24, 2.45) is 11.7 Å². The Balaban J connectivity index is 2.77. The third-order valence-corrected chi connectivity index (χ3v) is 2.39. The first-order valence-corrected chi connectivity index (χ1v) is 5.22. The molecule has 0 amide bonds. The molecule has 0 saturated heterocycles. The van der Waals surface area contributed by atoms with E-state index in [2.05, 4.69) is 0 Å². The highest BCUT2D eigenvalue weighted by atomic mass is 35.5. The molecule has 3 nitrogen and oxygen atoms in total. The van der Waals surface area contributed by atoms with Gasteiger partial charge in [-0.3, -0.25) is 0 Å². The van der Waals surface area contributed by atoms with Crippen LogP contribution in [0.15, 0.2) is 18.2 Å². The SMILES string of the molecule is CC(C)C(N)C(=O)Oc1ccc(F)cc1Cl. The lowest BCUT2D eigenvalue weighted by Crippen LogP contribution is -2.38. The lowest BCUT2D eigenvalue weighted by molar-refractivity contribution is -0.136. The first-order valence-electron chi connectivity index (χ1n) is 4.84. The van der Waals surface area contributed by atoms with Crippen molar-refractivity contribution >= 4 is 17.6 Å². The highest BCUT2D eigenvalue weighted by Gasteiger charge is 2.20. The van der Waals surface area contributed by atoms with E-state index in [9.17, 15) is 9.18 Å². The fraction of sp³-hybridized carbons (Fsp3) is 0.364. The quantitative estimate of drug-likeness (QED) is 0.657. The summed E-state index contributed by atoms with van der Waals surface area (Å²) in [5, 5.41) is 0.0457. The van der Waals surface area contributed by atoms with Crippen molar-refractivity contribution in [3.63, 3.8) is 0 Å². The summed E-state index contributed by atoms with van der Waals surface area (Å²) in [6.45, 7) is 3.61. The molecule has 0 radical (unpaired) electrons. The normalized spacial score (nSPS) is 12.6. The number of nitrogens with two attached hydrogens (primary N) is 1. The molecule has 16 heavy (non-hydrogen) atoms. The standard InChI is InChI=1S/C11H13ClFNO2/c1-6(2)10(14)11(15)16-9-4-3-7(13)5-8(9)12/h3-6,10H,14H2,1-2H3. The number of hydrogen-bond acceptors (Lipinski definition) is 3. The van der Waals surface area contributed by atoms with Crippen molar-refractivity contribution in [2.45, 2.75) is 19.9 Å². The minimum absolute atomic E-state index is 0.0354. The van der Waals surface area contributed by atoms with Gasteiger partial charge in [0.1, 0.15) is 17.6 Å². The van der Waals surface area contributed by atoms with Gasteiger partial charge in [-0.15, -0.1) is 0 Å². The monoisotopic (exact) mass is 245 g/mol. The van der Waals surface area contributed by atoms with E-state index in [0.717, 1.165) is 12.1 Å². The highest BCUT2D eigenvalue weighted by molar-refractivity contribution is 6.32. The maximum atomic E-state index is 12.7. The smallest absolute Gasteiger partial charge is 0.328 e. The van der Waals surface area contributed by atoms with Gasteiger partial charge in [0.2, 0.25) is 0 Å². The van der Waals surface area contributed by atoms with Crippen LogP contribution in [0.25, 0.3) is 0 Å². The van der Waals surface area contributed by atoms with E-state index in [0.29, 0.717) is 0 Å². The lowest BCUT2D eigenvalue weighted by Gasteiger charge is -2.14. The zero-order valence-electron chi connectivity index (χ0n) is 9.04. The summed E-state index contributed by atoms with van der Waals surface area (Å²) < 4.78 is 17.7. The first-order chi connectivity index (χ1) is 7.41. The van der Waals surface area contributed by atoms with Crippen molar-refractivity contribution in [1.82, 2.24) is 0 Å². The summed E-state index contributed by atoms with van der Waals surface area (Å²) in [6, 6.07) is 2.81. The first kappa shape index (κ1) is 12.9. The molecule has 1 aromatic rings. The van der Waals surface area contributed by atoms with Crippen molar-refractivity contribution in [3.8, 4) is 5.75 Å². The molecule has 1 unspecified atom stereocenters. The maximum Gasteiger partial charge on any atom is 0.328 e. The molecule has 1 atom stereocenters. The number of esters is 1. The van der Waals surface area contributed by atoms with Gasteiger partial charge >= 0.3 is 5.97 Å². The Hall–Kier alpha value is -1.13. The van der Waals surface area contributed by atoms with Crippen LogP contribution in [-0.4, -0.2) is 12.0 Å². The molecule has 0 bridgehead atoms. The van der Waals surface area contributed by atoms with Crippen LogP contribution in [-0.2, 0) is 4.79 Å². The van der Waals surface area contributed by atoms with E-state index < -0.39 is 17.8 Å². The number of hydrogen-bond donors (Lipinski definition) is 1. The maximum absolute atomic E-state index is 12.7. The Bertz CT molecular complexity index is 396. The number of halogens is 2. The van der Waals surface area contributed by atoms with Crippen LogP contribution >= 0.6 is 11.6 Å². The van der Waals surface area contributed by atoms with E-state index in [1.165, 1.54) is 6.07 Å². The molecule has 0 heterocycles. The van der Waals surface area contributed by atoms with E-state index in [1.807, 2.05) is 0 Å². The molecule has 0 aliphatic heterocycles. The van der Waals surface area contributed by atoms with Crippen molar-refractivity contribution in [2.75, 3.05) is 0 Å². The average Bonchev–Trinajstić information content (AvgIpc) is 2.20. The van der Waals surface area contributed by atoms with E-state index >= 15 is 0 Å². The summed E-state index contributed by atoms with van der Waals surface area (Å²) >= 11 is 5.70. The fourth-order valence-electron chi connectivity index (χ4n) is 1.01. The molecular weight excluding hydrogens is 233 g/mol. The van der Waals surface area contributed by atoms with E-state index in [4.69, 9.17) is 22.1 Å². The van der Waals surface area contributed by atoms with Gasteiger partial charge in [0, 0.05) is 0 Å². The van der Waals surface area contributed by atoms with Crippen LogP contribution in [0, 0.1) is 11.7 Å². The molecular formula is C11H13ClFNO2. The van der Waals surface area contributed by atoms with Gasteiger partial charge in [0.15, 0.2) is 0 Å². The third kappa shape index (κ3) is 3.18. The van der Waals surface area contributed by atoms with Crippen LogP contribution < -0.4 is 10.5 Å². The predicted molar refractivity (Wildman–Crippen MR) is 59.9 cm³/mol. The Morgan fingerprint density at radius 1 is 1.50 bits per heavy atom. The molecule has 2 N–H and O–H groups in total. The number of carbonyl (C=O) groups excluding carboxylic acids is 1. The summed E-state index contributed by atoms with van der Waals surface area (Å²) in [5.74, 6) is -0.989. The van der Waals surface area contributed by atoms with Gasteiger partial charge in [-0.05, 0) is 24.1 Å². The molecule has 0 spiro atoms. The van der Waals surface area contributed by atoms with Gasteiger partial charge in [0.05, 0.1) is 5.02 Å². The van der Waals surface area contributed by atoms with Crippen molar-refractivity contribution in [3.05, 3.63) is 29.0 Å². The number of rotatable bonds is 3.